The molecule has 0 bridgehead atoms. The maximum atomic E-state index is 13.3. The Kier molecular flexibility index (Phi) is 3.90. The van der Waals surface area contributed by atoms with Crippen molar-refractivity contribution in [1.29, 1.82) is 0 Å². The number of benzene rings is 2. The van der Waals surface area contributed by atoms with Gasteiger partial charge in [-0.3, -0.25) is 0 Å². The van der Waals surface area contributed by atoms with E-state index in [4.69, 9.17) is 0 Å². The van der Waals surface area contributed by atoms with Crippen molar-refractivity contribution in [2.24, 2.45) is 0 Å². The summed E-state index contributed by atoms with van der Waals surface area (Å²) in [6.45, 7) is 15.6. The minimum Gasteiger partial charge on any atom is -0.317 e. The highest BCUT2D eigenvalue weighted by molar-refractivity contribution is 5.85. The molecule has 3 nitrogen and oxygen atoms in total. The van der Waals surface area contributed by atoms with Gasteiger partial charge >= 0.3 is 6.03 Å². The Hall–Kier alpha value is -2.03. The summed E-state index contributed by atoms with van der Waals surface area (Å²) in [5.41, 5.74) is 0.389. The molecule has 2 aromatic carbocycles. The summed E-state index contributed by atoms with van der Waals surface area (Å²) >= 11 is 0. The highest BCUT2D eigenvalue weighted by atomic mass is 16.2. The quantitative estimate of drug-likeness (QED) is 0.684. The number of hydrogen-bond donors (Lipinski definition) is 0. The summed E-state index contributed by atoms with van der Waals surface area (Å²) < 4.78 is 0. The first-order valence-corrected chi connectivity index (χ1v) is 9.06. The molecule has 2 amide bonds. The third-order valence-electron chi connectivity index (χ3n) is 5.23. The number of urea groups is 1. The predicted octanol–water partition coefficient (Wildman–Crippen LogP) is 5.39. The van der Waals surface area contributed by atoms with Gasteiger partial charge in [0.05, 0.1) is 12.1 Å². The Bertz CT molecular complexity index is 813. The van der Waals surface area contributed by atoms with Crippen molar-refractivity contribution >= 4 is 16.8 Å². The third kappa shape index (κ3) is 2.90. The van der Waals surface area contributed by atoms with Crippen molar-refractivity contribution in [2.45, 2.75) is 65.1 Å². The number of carbonyl (C=O) groups is 1. The molecule has 1 atom stereocenters. The van der Waals surface area contributed by atoms with Crippen molar-refractivity contribution in [2.75, 3.05) is 6.54 Å². The highest BCUT2D eigenvalue weighted by Crippen LogP contribution is 2.43. The van der Waals surface area contributed by atoms with Crippen molar-refractivity contribution in [1.82, 2.24) is 9.80 Å². The molecule has 1 aliphatic heterocycles. The van der Waals surface area contributed by atoms with E-state index >= 15 is 0 Å². The average Bonchev–Trinajstić information content (AvgIpc) is 2.79. The van der Waals surface area contributed by atoms with Gasteiger partial charge in [0, 0.05) is 11.1 Å². The summed E-state index contributed by atoms with van der Waals surface area (Å²) in [5, 5.41) is 2.45. The molecule has 3 heteroatoms. The molecule has 3 rings (SSSR count). The van der Waals surface area contributed by atoms with E-state index in [9.17, 15) is 4.79 Å². The minimum atomic E-state index is -0.355. The topological polar surface area (TPSA) is 23.6 Å². The first kappa shape index (κ1) is 17.8. The fourth-order valence-electron chi connectivity index (χ4n) is 4.07. The smallest absolute Gasteiger partial charge is 0.317 e. The molecular weight excluding hydrogens is 308 g/mol. The number of carbonyl (C=O) groups excluding carboxylic acids is 1. The van der Waals surface area contributed by atoms with E-state index in [2.05, 4.69) is 95.8 Å². The highest BCUT2D eigenvalue weighted by Gasteiger charge is 2.54. The molecule has 25 heavy (non-hydrogen) atoms. The van der Waals surface area contributed by atoms with E-state index in [-0.39, 0.29) is 22.6 Å². The van der Waals surface area contributed by atoms with Gasteiger partial charge in [-0.2, -0.15) is 0 Å². The average molecular weight is 338 g/mol. The number of amides is 2. The largest absolute Gasteiger partial charge is 0.321 e. The molecule has 0 aliphatic carbocycles. The zero-order valence-corrected chi connectivity index (χ0v) is 16.6. The Morgan fingerprint density at radius 3 is 2.04 bits per heavy atom. The van der Waals surface area contributed by atoms with Crippen molar-refractivity contribution in [3.63, 3.8) is 0 Å². The van der Waals surface area contributed by atoms with E-state index in [0.29, 0.717) is 6.54 Å². The van der Waals surface area contributed by atoms with Crippen LogP contribution >= 0.6 is 0 Å². The predicted molar refractivity (Wildman–Crippen MR) is 105 cm³/mol. The van der Waals surface area contributed by atoms with Crippen LogP contribution in [0.2, 0.25) is 0 Å². The summed E-state index contributed by atoms with van der Waals surface area (Å²) in [6, 6.07) is 15.1. The Morgan fingerprint density at radius 1 is 0.880 bits per heavy atom. The van der Waals surface area contributed by atoms with Gasteiger partial charge in [-0.1, -0.05) is 36.4 Å². The standard InChI is InChI=1S/C22H30N2O/c1-20(2,3)23-15-22(7,24(19(23)25)21(4,5)6)18-13-12-16-10-8-9-11-17(16)14-18/h8-14H,15H2,1-7H3. The molecule has 0 saturated carbocycles. The number of nitrogens with zero attached hydrogens (tertiary/aromatic N) is 2. The van der Waals surface area contributed by atoms with E-state index in [0.717, 1.165) is 0 Å². The number of hydrogen-bond acceptors (Lipinski definition) is 1. The molecule has 1 aliphatic rings. The lowest BCUT2D eigenvalue weighted by atomic mass is 9.86. The summed E-state index contributed by atoms with van der Waals surface area (Å²) in [7, 11) is 0. The van der Waals surface area contributed by atoms with Crippen molar-refractivity contribution in [3.05, 3.63) is 48.0 Å². The molecule has 1 heterocycles. The molecule has 1 unspecified atom stereocenters. The van der Waals surface area contributed by atoms with Crippen LogP contribution < -0.4 is 0 Å². The molecule has 1 fully saturated rings. The first-order chi connectivity index (χ1) is 11.4. The molecule has 2 aromatic rings. The van der Waals surface area contributed by atoms with Crippen LogP contribution in [0.15, 0.2) is 42.5 Å². The molecule has 0 radical (unpaired) electrons. The molecule has 1 saturated heterocycles. The monoisotopic (exact) mass is 338 g/mol. The Morgan fingerprint density at radius 2 is 1.48 bits per heavy atom. The van der Waals surface area contributed by atoms with Gasteiger partial charge in [0.15, 0.2) is 0 Å². The fraction of sp³-hybridized carbons (Fsp3) is 0.500. The zero-order valence-electron chi connectivity index (χ0n) is 16.6. The van der Waals surface area contributed by atoms with Crippen LogP contribution in [0.25, 0.3) is 10.8 Å². The second-order valence-electron chi connectivity index (χ2n) is 9.38. The minimum absolute atomic E-state index is 0.121. The van der Waals surface area contributed by atoms with Crippen LogP contribution in [0, 0.1) is 0 Å². The van der Waals surface area contributed by atoms with Crippen LogP contribution in [-0.4, -0.2) is 33.5 Å². The third-order valence-corrected chi connectivity index (χ3v) is 5.23. The van der Waals surface area contributed by atoms with Crippen LogP contribution in [0.3, 0.4) is 0 Å². The van der Waals surface area contributed by atoms with Crippen LogP contribution in [0.1, 0.15) is 54.0 Å². The molecule has 0 aromatic heterocycles. The zero-order chi connectivity index (χ0) is 18.6. The van der Waals surface area contributed by atoms with Gasteiger partial charge in [-0.15, -0.1) is 0 Å². The lowest BCUT2D eigenvalue weighted by Crippen LogP contribution is -2.53. The summed E-state index contributed by atoms with van der Waals surface area (Å²) in [4.78, 5) is 17.4. The molecule has 0 N–H and O–H groups in total. The summed E-state index contributed by atoms with van der Waals surface area (Å²) in [5.74, 6) is 0. The maximum absolute atomic E-state index is 13.3. The van der Waals surface area contributed by atoms with Crippen LogP contribution in [0.4, 0.5) is 4.79 Å². The van der Waals surface area contributed by atoms with E-state index in [1.54, 1.807) is 0 Å². The van der Waals surface area contributed by atoms with Gasteiger partial charge in [0.1, 0.15) is 0 Å². The van der Waals surface area contributed by atoms with E-state index < -0.39 is 0 Å². The lowest BCUT2D eigenvalue weighted by Gasteiger charge is -2.43. The van der Waals surface area contributed by atoms with Gasteiger partial charge in [0.25, 0.3) is 0 Å². The fourth-order valence-corrected chi connectivity index (χ4v) is 4.07. The van der Waals surface area contributed by atoms with Gasteiger partial charge in [0.2, 0.25) is 0 Å². The van der Waals surface area contributed by atoms with Crippen LogP contribution in [-0.2, 0) is 5.54 Å². The number of fused-ring (bicyclic) bond motifs is 1. The van der Waals surface area contributed by atoms with Gasteiger partial charge < -0.3 is 9.80 Å². The molecule has 0 spiro atoms. The Balaban J connectivity index is 2.16. The van der Waals surface area contributed by atoms with E-state index in [1.807, 2.05) is 4.90 Å². The second kappa shape index (κ2) is 5.48. The normalized spacial score (nSPS) is 22.1. The molecule has 134 valence electrons. The van der Waals surface area contributed by atoms with Crippen molar-refractivity contribution < 1.29 is 4.79 Å². The summed E-state index contributed by atoms with van der Waals surface area (Å²) in [6.07, 6.45) is 0. The molecular formula is C22H30N2O. The first-order valence-electron chi connectivity index (χ1n) is 9.06. The van der Waals surface area contributed by atoms with Gasteiger partial charge in [-0.25, -0.2) is 4.79 Å². The maximum Gasteiger partial charge on any atom is 0.321 e. The van der Waals surface area contributed by atoms with Gasteiger partial charge in [-0.05, 0) is 70.9 Å². The van der Waals surface area contributed by atoms with Crippen LogP contribution in [0.5, 0.6) is 0 Å². The SMILES string of the molecule is CC(C)(C)N1CC(C)(c2ccc3ccccc3c2)N(C(C)(C)C)C1=O. The Labute approximate surface area is 151 Å². The van der Waals surface area contributed by atoms with E-state index in [1.165, 1.54) is 16.3 Å². The second-order valence-corrected chi connectivity index (χ2v) is 9.38. The number of rotatable bonds is 1. The lowest BCUT2D eigenvalue weighted by molar-refractivity contribution is 0.0877. The van der Waals surface area contributed by atoms with Crippen molar-refractivity contribution in [3.8, 4) is 0 Å².